The predicted molar refractivity (Wildman–Crippen MR) is 86.5 cm³/mol. The highest BCUT2D eigenvalue weighted by Gasteiger charge is 2.17. The molecular weight excluding hydrogens is 339 g/mol. The molecule has 0 saturated carbocycles. The number of halogens is 2. The lowest BCUT2D eigenvalue weighted by atomic mass is 10.1. The van der Waals surface area contributed by atoms with E-state index in [1.54, 1.807) is 6.07 Å². The minimum absolute atomic E-state index is 0.0508. The Morgan fingerprint density at radius 3 is 2.65 bits per heavy atom. The second kappa shape index (κ2) is 5.92. The maximum absolute atomic E-state index is 14.0. The fourth-order valence-corrected chi connectivity index (χ4v) is 3.47. The number of nitrogens with zero attached hydrogens (tertiary/aromatic N) is 1. The Bertz CT molecular complexity index is 597. The summed E-state index contributed by atoms with van der Waals surface area (Å²) in [6.45, 7) is 9.08. The summed E-state index contributed by atoms with van der Waals surface area (Å²) in [5, 5.41) is 4.16. The van der Waals surface area contributed by atoms with Crippen molar-refractivity contribution in [3.05, 3.63) is 39.1 Å². The Hall–Kier alpha value is -0.780. The van der Waals surface area contributed by atoms with Gasteiger partial charge in [0.25, 0.3) is 0 Å². The van der Waals surface area contributed by atoms with Crippen LogP contribution in [0.3, 0.4) is 0 Å². The Kier molecular flexibility index (Phi) is 4.62. The lowest BCUT2D eigenvalue weighted by molar-refractivity contribution is 0.425. The topological polar surface area (TPSA) is 24.9 Å². The van der Waals surface area contributed by atoms with Gasteiger partial charge in [-0.1, -0.05) is 6.07 Å². The Balaban J connectivity index is 2.32. The van der Waals surface area contributed by atoms with E-state index in [0.717, 1.165) is 26.6 Å². The lowest BCUT2D eigenvalue weighted by Crippen LogP contribution is -2.34. The van der Waals surface area contributed by atoms with Crippen molar-refractivity contribution in [2.75, 3.05) is 0 Å². The van der Waals surface area contributed by atoms with Crippen molar-refractivity contribution < 1.29 is 4.39 Å². The van der Waals surface area contributed by atoms with Crippen LogP contribution in [0.15, 0.2) is 22.7 Å². The largest absolute Gasteiger partial charge is 0.307 e. The number of benzene rings is 1. The van der Waals surface area contributed by atoms with Crippen LogP contribution in [0, 0.1) is 12.7 Å². The van der Waals surface area contributed by atoms with Gasteiger partial charge in [-0.05, 0) is 55.8 Å². The van der Waals surface area contributed by atoms with E-state index in [4.69, 9.17) is 0 Å². The third kappa shape index (κ3) is 3.65. The highest BCUT2D eigenvalue weighted by Crippen LogP contribution is 2.35. The average molecular weight is 357 g/mol. The molecule has 1 aromatic carbocycles. The number of hydrogen-bond acceptors (Lipinski definition) is 3. The Labute approximate surface area is 131 Å². The zero-order valence-electron chi connectivity index (χ0n) is 12.1. The second-order valence-corrected chi connectivity index (χ2v) is 7.67. The van der Waals surface area contributed by atoms with E-state index < -0.39 is 0 Å². The van der Waals surface area contributed by atoms with Gasteiger partial charge in [0.1, 0.15) is 10.8 Å². The maximum Gasteiger partial charge on any atom is 0.134 e. The van der Waals surface area contributed by atoms with Crippen LogP contribution in [0.25, 0.3) is 10.6 Å². The fourth-order valence-electron chi connectivity index (χ4n) is 1.75. The van der Waals surface area contributed by atoms with Crippen molar-refractivity contribution in [3.8, 4) is 10.6 Å². The maximum atomic E-state index is 14.0. The first-order chi connectivity index (χ1) is 9.28. The van der Waals surface area contributed by atoms with Crippen molar-refractivity contribution in [2.45, 2.75) is 39.8 Å². The average Bonchev–Trinajstić information content (AvgIpc) is 2.67. The molecule has 0 radical (unpaired) electrons. The summed E-state index contributed by atoms with van der Waals surface area (Å²) in [7, 11) is 0. The molecule has 0 bridgehead atoms. The molecule has 1 heterocycles. The van der Waals surface area contributed by atoms with Crippen LogP contribution in [0.5, 0.6) is 0 Å². The van der Waals surface area contributed by atoms with Crippen LogP contribution in [-0.4, -0.2) is 10.5 Å². The number of thiazole rings is 1. The number of aryl methyl sites for hydroxylation is 1. The van der Waals surface area contributed by atoms with E-state index >= 15 is 0 Å². The van der Waals surface area contributed by atoms with Gasteiger partial charge in [0, 0.05) is 21.4 Å². The van der Waals surface area contributed by atoms with Gasteiger partial charge in [0.15, 0.2) is 0 Å². The fraction of sp³-hybridized carbons (Fsp3) is 0.400. The Morgan fingerprint density at radius 1 is 1.35 bits per heavy atom. The number of nitrogens with one attached hydrogen (secondary N) is 1. The molecular formula is C15H18BrFN2S. The molecule has 1 N–H and O–H groups in total. The van der Waals surface area contributed by atoms with Gasteiger partial charge in [-0.2, -0.15) is 0 Å². The van der Waals surface area contributed by atoms with E-state index in [2.05, 4.69) is 47.0 Å². The highest BCUT2D eigenvalue weighted by molar-refractivity contribution is 9.10. The highest BCUT2D eigenvalue weighted by atomic mass is 79.9. The van der Waals surface area contributed by atoms with Crippen LogP contribution in [0.1, 0.15) is 31.3 Å². The van der Waals surface area contributed by atoms with E-state index in [-0.39, 0.29) is 11.4 Å². The first kappa shape index (κ1) is 15.6. The van der Waals surface area contributed by atoms with Crippen LogP contribution in [-0.2, 0) is 6.54 Å². The molecule has 108 valence electrons. The minimum atomic E-state index is -0.247. The van der Waals surface area contributed by atoms with Gasteiger partial charge in [-0.25, -0.2) is 9.37 Å². The van der Waals surface area contributed by atoms with Crippen molar-refractivity contribution in [1.82, 2.24) is 10.3 Å². The van der Waals surface area contributed by atoms with Crippen molar-refractivity contribution in [2.24, 2.45) is 0 Å². The van der Waals surface area contributed by atoms with Crippen LogP contribution >= 0.6 is 27.3 Å². The van der Waals surface area contributed by atoms with Crippen molar-refractivity contribution >= 4 is 27.3 Å². The summed E-state index contributed by atoms with van der Waals surface area (Å²) < 4.78 is 14.7. The normalized spacial score (nSPS) is 11.9. The molecule has 1 aromatic heterocycles. The predicted octanol–water partition coefficient (Wildman–Crippen LogP) is 4.91. The minimum Gasteiger partial charge on any atom is -0.307 e. The van der Waals surface area contributed by atoms with Crippen molar-refractivity contribution in [3.63, 3.8) is 0 Å². The molecule has 2 aromatic rings. The van der Waals surface area contributed by atoms with Gasteiger partial charge in [0.05, 0.1) is 11.3 Å². The van der Waals surface area contributed by atoms with Crippen LogP contribution in [0.4, 0.5) is 4.39 Å². The molecule has 5 heteroatoms. The molecule has 0 aliphatic carbocycles. The zero-order valence-corrected chi connectivity index (χ0v) is 14.5. The quantitative estimate of drug-likeness (QED) is 0.844. The molecule has 0 amide bonds. The first-order valence-corrected chi connectivity index (χ1v) is 8.04. The van der Waals surface area contributed by atoms with E-state index in [0.29, 0.717) is 5.56 Å². The number of aromatic nitrogens is 1. The molecule has 0 aliphatic rings. The van der Waals surface area contributed by atoms with Crippen LogP contribution in [0.2, 0.25) is 0 Å². The molecule has 0 saturated heterocycles. The van der Waals surface area contributed by atoms with Crippen molar-refractivity contribution in [1.29, 1.82) is 0 Å². The monoisotopic (exact) mass is 356 g/mol. The first-order valence-electron chi connectivity index (χ1n) is 6.43. The van der Waals surface area contributed by atoms with E-state index in [1.807, 2.05) is 13.0 Å². The smallest absolute Gasteiger partial charge is 0.134 e. The Morgan fingerprint density at radius 2 is 2.05 bits per heavy atom. The van der Waals surface area contributed by atoms with Crippen LogP contribution < -0.4 is 5.32 Å². The third-order valence-electron chi connectivity index (χ3n) is 2.85. The summed E-state index contributed by atoms with van der Waals surface area (Å²) in [6.07, 6.45) is 0. The molecule has 0 aliphatic heterocycles. The molecule has 2 rings (SSSR count). The molecule has 2 nitrogen and oxygen atoms in total. The van der Waals surface area contributed by atoms with Gasteiger partial charge < -0.3 is 5.32 Å². The summed E-state index contributed by atoms with van der Waals surface area (Å²) in [5.74, 6) is -0.247. The zero-order chi connectivity index (χ0) is 14.9. The molecule has 0 spiro atoms. The summed E-state index contributed by atoms with van der Waals surface area (Å²) in [4.78, 5) is 5.66. The summed E-state index contributed by atoms with van der Waals surface area (Å²) in [5.41, 5.74) is 1.55. The number of rotatable bonds is 3. The van der Waals surface area contributed by atoms with E-state index in [1.165, 1.54) is 17.4 Å². The summed E-state index contributed by atoms with van der Waals surface area (Å²) >= 11 is 4.94. The second-order valence-electron chi connectivity index (χ2n) is 5.73. The van der Waals surface area contributed by atoms with Gasteiger partial charge in [-0.3, -0.25) is 0 Å². The number of hydrogen-bond donors (Lipinski definition) is 1. The molecule has 20 heavy (non-hydrogen) atoms. The molecule has 0 atom stereocenters. The summed E-state index contributed by atoms with van der Waals surface area (Å²) in [6, 6.07) is 4.98. The standard InChI is InChI=1S/C15H18BrFN2S/c1-9-12(8-18-15(2,3)4)20-14(19-9)13-10(16)6-5-7-11(13)17/h5-7,18H,8H2,1-4H3. The van der Waals surface area contributed by atoms with Gasteiger partial charge in [0.2, 0.25) is 0 Å². The third-order valence-corrected chi connectivity index (χ3v) is 4.68. The van der Waals surface area contributed by atoms with Gasteiger partial charge in [-0.15, -0.1) is 11.3 Å². The van der Waals surface area contributed by atoms with E-state index in [9.17, 15) is 4.39 Å². The lowest BCUT2D eigenvalue weighted by Gasteiger charge is -2.19. The van der Waals surface area contributed by atoms with Gasteiger partial charge >= 0.3 is 0 Å². The molecule has 0 fully saturated rings. The SMILES string of the molecule is Cc1nc(-c2c(F)cccc2Br)sc1CNC(C)(C)C. The molecule has 0 unspecified atom stereocenters.